The molecule has 0 amide bonds. The summed E-state index contributed by atoms with van der Waals surface area (Å²) in [5.74, 6) is 5.45. The normalized spacial score (nSPS) is 12.4. The number of hydrogen-bond acceptors (Lipinski definition) is 2. The van der Waals surface area contributed by atoms with Crippen molar-refractivity contribution in [3.63, 3.8) is 0 Å². The third kappa shape index (κ3) is 4.25. The molecular formula is C11H15F3N4. The topological polar surface area (TPSA) is 62.4 Å². The molecule has 18 heavy (non-hydrogen) atoms. The molecule has 100 valence electrons. The van der Waals surface area contributed by atoms with Crippen LogP contribution < -0.4 is 16.6 Å². The first-order chi connectivity index (χ1) is 8.47. The molecule has 1 aromatic carbocycles. The van der Waals surface area contributed by atoms with Gasteiger partial charge in [0.25, 0.3) is 0 Å². The zero-order valence-corrected chi connectivity index (χ0v) is 9.88. The molecule has 0 saturated carbocycles. The molecule has 1 aromatic rings. The van der Waals surface area contributed by atoms with Gasteiger partial charge in [0.05, 0.1) is 5.56 Å². The molecule has 0 unspecified atom stereocenters. The van der Waals surface area contributed by atoms with Crippen molar-refractivity contribution in [2.45, 2.75) is 19.5 Å². The Bertz CT molecular complexity index is 415. The van der Waals surface area contributed by atoms with Crippen molar-refractivity contribution in [3.05, 3.63) is 29.8 Å². The number of benzene rings is 1. The number of nitrogens with two attached hydrogens (primary N) is 1. The van der Waals surface area contributed by atoms with Gasteiger partial charge in [-0.2, -0.15) is 13.2 Å². The lowest BCUT2D eigenvalue weighted by molar-refractivity contribution is -0.137. The second-order valence-corrected chi connectivity index (χ2v) is 3.58. The number of nitrogens with one attached hydrogen (secondary N) is 2. The van der Waals surface area contributed by atoms with Crippen LogP contribution in [0.15, 0.2) is 29.3 Å². The Morgan fingerprint density at radius 1 is 1.39 bits per heavy atom. The minimum absolute atomic E-state index is 0.233. The summed E-state index contributed by atoms with van der Waals surface area (Å²) in [6.45, 7) is 2.47. The van der Waals surface area contributed by atoms with E-state index in [1.807, 2.05) is 6.92 Å². The molecule has 0 atom stereocenters. The van der Waals surface area contributed by atoms with Gasteiger partial charge in [-0.1, -0.05) is 13.0 Å². The van der Waals surface area contributed by atoms with Gasteiger partial charge in [0.2, 0.25) is 5.96 Å². The standard InChI is InChI=1S/C11H15F3N4/c1-2-6-16-10(18-15)17-9-5-3-4-8(7-9)11(12,13)14/h3-5,7H,2,6,15H2,1H3,(H2,16,17,18). The van der Waals surface area contributed by atoms with Crippen LogP contribution in [0.1, 0.15) is 18.9 Å². The zero-order valence-electron chi connectivity index (χ0n) is 9.88. The Hall–Kier alpha value is -1.76. The van der Waals surface area contributed by atoms with Gasteiger partial charge in [-0.25, -0.2) is 5.84 Å². The average molecular weight is 260 g/mol. The van der Waals surface area contributed by atoms with Crippen LogP contribution in [-0.4, -0.2) is 12.5 Å². The van der Waals surface area contributed by atoms with E-state index < -0.39 is 11.7 Å². The summed E-state index contributed by atoms with van der Waals surface area (Å²) in [6.07, 6.45) is -3.55. The summed E-state index contributed by atoms with van der Waals surface area (Å²) in [7, 11) is 0. The maximum atomic E-state index is 12.5. The SMILES string of the molecule is CCCN=C(NN)Nc1cccc(C(F)(F)F)c1. The molecule has 0 saturated heterocycles. The molecular weight excluding hydrogens is 245 g/mol. The lowest BCUT2D eigenvalue weighted by Gasteiger charge is -2.11. The largest absolute Gasteiger partial charge is 0.416 e. The number of guanidine groups is 1. The smallest absolute Gasteiger partial charge is 0.325 e. The molecule has 4 nitrogen and oxygen atoms in total. The Labute approximate surface area is 103 Å². The van der Waals surface area contributed by atoms with Crippen LogP contribution in [0.25, 0.3) is 0 Å². The Morgan fingerprint density at radius 2 is 2.11 bits per heavy atom. The van der Waals surface area contributed by atoms with Gasteiger partial charge in [0.15, 0.2) is 0 Å². The summed E-state index contributed by atoms with van der Waals surface area (Å²) in [6, 6.07) is 4.83. The van der Waals surface area contributed by atoms with Crippen molar-refractivity contribution in [3.8, 4) is 0 Å². The molecule has 4 N–H and O–H groups in total. The third-order valence-corrected chi connectivity index (χ3v) is 2.08. The van der Waals surface area contributed by atoms with Gasteiger partial charge in [0.1, 0.15) is 0 Å². The lowest BCUT2D eigenvalue weighted by Crippen LogP contribution is -2.36. The maximum Gasteiger partial charge on any atom is 0.416 e. The van der Waals surface area contributed by atoms with Crippen LogP contribution in [0.2, 0.25) is 0 Å². The highest BCUT2D eigenvalue weighted by atomic mass is 19.4. The number of rotatable bonds is 3. The van der Waals surface area contributed by atoms with E-state index in [0.717, 1.165) is 18.6 Å². The minimum atomic E-state index is -4.37. The van der Waals surface area contributed by atoms with Crippen molar-refractivity contribution >= 4 is 11.6 Å². The highest BCUT2D eigenvalue weighted by Gasteiger charge is 2.30. The van der Waals surface area contributed by atoms with E-state index in [1.165, 1.54) is 12.1 Å². The average Bonchev–Trinajstić information content (AvgIpc) is 2.33. The number of hydrogen-bond donors (Lipinski definition) is 3. The van der Waals surface area contributed by atoms with Crippen LogP contribution >= 0.6 is 0 Å². The van der Waals surface area contributed by atoms with E-state index in [9.17, 15) is 13.2 Å². The van der Waals surface area contributed by atoms with Crippen molar-refractivity contribution in [2.24, 2.45) is 10.8 Å². The fourth-order valence-corrected chi connectivity index (χ4v) is 1.25. The molecule has 0 aliphatic rings. The van der Waals surface area contributed by atoms with Gasteiger partial charge in [-0.15, -0.1) is 0 Å². The summed E-state index contributed by atoms with van der Waals surface area (Å²) in [5.41, 5.74) is 1.85. The number of halogens is 3. The highest BCUT2D eigenvalue weighted by molar-refractivity contribution is 5.93. The molecule has 0 radical (unpaired) electrons. The Morgan fingerprint density at radius 3 is 2.67 bits per heavy atom. The monoisotopic (exact) mass is 260 g/mol. The Kier molecular flexibility index (Phi) is 4.96. The number of hydrazine groups is 1. The summed E-state index contributed by atoms with van der Waals surface area (Å²) >= 11 is 0. The molecule has 0 aliphatic carbocycles. The third-order valence-electron chi connectivity index (χ3n) is 2.08. The predicted molar refractivity (Wildman–Crippen MR) is 65.0 cm³/mol. The van der Waals surface area contributed by atoms with Crippen molar-refractivity contribution in [2.75, 3.05) is 11.9 Å². The second-order valence-electron chi connectivity index (χ2n) is 3.58. The van der Waals surface area contributed by atoms with Gasteiger partial charge in [0, 0.05) is 12.2 Å². The molecule has 0 aliphatic heterocycles. The van der Waals surface area contributed by atoms with Crippen LogP contribution in [0.4, 0.5) is 18.9 Å². The van der Waals surface area contributed by atoms with Crippen LogP contribution in [0, 0.1) is 0 Å². The van der Waals surface area contributed by atoms with Gasteiger partial charge in [-0.05, 0) is 24.6 Å². The van der Waals surface area contributed by atoms with Crippen molar-refractivity contribution in [1.29, 1.82) is 0 Å². The molecule has 0 spiro atoms. The molecule has 0 aromatic heterocycles. The first-order valence-electron chi connectivity index (χ1n) is 5.42. The number of nitrogens with zero attached hydrogens (tertiary/aromatic N) is 1. The minimum Gasteiger partial charge on any atom is -0.325 e. The summed E-state index contributed by atoms with van der Waals surface area (Å²) < 4.78 is 37.5. The van der Waals surface area contributed by atoms with Crippen molar-refractivity contribution in [1.82, 2.24) is 5.43 Å². The van der Waals surface area contributed by atoms with E-state index in [2.05, 4.69) is 15.7 Å². The summed E-state index contributed by atoms with van der Waals surface area (Å²) in [5, 5.41) is 2.69. The van der Waals surface area contributed by atoms with Crippen molar-refractivity contribution < 1.29 is 13.2 Å². The van der Waals surface area contributed by atoms with E-state index in [1.54, 1.807) is 0 Å². The van der Waals surface area contributed by atoms with E-state index in [-0.39, 0.29) is 11.6 Å². The van der Waals surface area contributed by atoms with Crippen LogP contribution in [0.5, 0.6) is 0 Å². The van der Waals surface area contributed by atoms with Crippen LogP contribution in [-0.2, 0) is 6.18 Å². The second kappa shape index (κ2) is 6.25. The molecule has 7 heteroatoms. The highest BCUT2D eigenvalue weighted by Crippen LogP contribution is 2.30. The van der Waals surface area contributed by atoms with Gasteiger partial charge in [-0.3, -0.25) is 10.4 Å². The number of anilines is 1. The van der Waals surface area contributed by atoms with Gasteiger partial charge >= 0.3 is 6.18 Å². The summed E-state index contributed by atoms with van der Waals surface area (Å²) in [4.78, 5) is 4.04. The fraction of sp³-hybridized carbons (Fsp3) is 0.364. The number of aliphatic imine (C=N–C) groups is 1. The Balaban J connectivity index is 2.84. The predicted octanol–water partition coefficient (Wildman–Crippen LogP) is 2.35. The van der Waals surface area contributed by atoms with Crippen LogP contribution in [0.3, 0.4) is 0 Å². The van der Waals surface area contributed by atoms with E-state index >= 15 is 0 Å². The zero-order chi connectivity index (χ0) is 13.6. The van der Waals surface area contributed by atoms with Gasteiger partial charge < -0.3 is 5.32 Å². The lowest BCUT2D eigenvalue weighted by atomic mass is 10.2. The first-order valence-corrected chi connectivity index (χ1v) is 5.42. The van der Waals surface area contributed by atoms with E-state index in [0.29, 0.717) is 6.54 Å². The quantitative estimate of drug-likeness (QED) is 0.338. The maximum absolute atomic E-state index is 12.5. The number of alkyl halides is 3. The fourth-order valence-electron chi connectivity index (χ4n) is 1.25. The molecule has 1 rings (SSSR count). The molecule has 0 heterocycles. The molecule has 0 fully saturated rings. The van der Waals surface area contributed by atoms with E-state index in [4.69, 9.17) is 5.84 Å². The first kappa shape index (κ1) is 14.3. The molecule has 0 bridgehead atoms.